The lowest BCUT2D eigenvalue weighted by molar-refractivity contribution is 0.414. The van der Waals surface area contributed by atoms with Crippen LogP contribution in [0, 0.1) is 5.82 Å². The van der Waals surface area contributed by atoms with E-state index in [4.69, 9.17) is 9.47 Å². The summed E-state index contributed by atoms with van der Waals surface area (Å²) in [7, 11) is 3.26. The SMILES string of the molecule is COc1ccc(-n2c(SCc3cccc(F)c3)nnc2-c2ccccc2OC)cc1. The highest BCUT2D eigenvalue weighted by Gasteiger charge is 2.19. The van der Waals surface area contributed by atoms with Crippen LogP contribution in [0.1, 0.15) is 5.56 Å². The molecule has 30 heavy (non-hydrogen) atoms. The Labute approximate surface area is 178 Å². The third-order valence-electron chi connectivity index (χ3n) is 4.57. The minimum Gasteiger partial charge on any atom is -0.497 e. The summed E-state index contributed by atoms with van der Waals surface area (Å²) in [5.41, 5.74) is 2.60. The van der Waals surface area contributed by atoms with Gasteiger partial charge in [-0.15, -0.1) is 10.2 Å². The van der Waals surface area contributed by atoms with Crippen molar-refractivity contribution in [3.8, 4) is 28.6 Å². The molecule has 3 aromatic carbocycles. The summed E-state index contributed by atoms with van der Waals surface area (Å²) in [4.78, 5) is 0. The molecule has 0 spiro atoms. The average molecular weight is 421 g/mol. The number of hydrogen-bond acceptors (Lipinski definition) is 5. The lowest BCUT2D eigenvalue weighted by atomic mass is 10.2. The Morgan fingerprint density at radius 2 is 1.70 bits per heavy atom. The summed E-state index contributed by atoms with van der Waals surface area (Å²) in [6.45, 7) is 0. The Kier molecular flexibility index (Phi) is 5.99. The van der Waals surface area contributed by atoms with E-state index in [9.17, 15) is 4.39 Å². The van der Waals surface area contributed by atoms with Crippen LogP contribution in [0.25, 0.3) is 17.1 Å². The molecule has 0 amide bonds. The smallest absolute Gasteiger partial charge is 0.196 e. The predicted octanol–water partition coefficient (Wildman–Crippen LogP) is 5.38. The van der Waals surface area contributed by atoms with Crippen molar-refractivity contribution in [3.05, 3.63) is 84.2 Å². The molecule has 0 saturated heterocycles. The van der Waals surface area contributed by atoms with Gasteiger partial charge in [0.05, 0.1) is 25.5 Å². The molecule has 0 fully saturated rings. The number of rotatable bonds is 7. The maximum Gasteiger partial charge on any atom is 0.196 e. The van der Waals surface area contributed by atoms with Gasteiger partial charge in [-0.05, 0) is 54.1 Å². The lowest BCUT2D eigenvalue weighted by Gasteiger charge is -2.13. The van der Waals surface area contributed by atoms with Crippen molar-refractivity contribution in [2.75, 3.05) is 14.2 Å². The van der Waals surface area contributed by atoms with Gasteiger partial charge in [0.2, 0.25) is 0 Å². The second-order valence-corrected chi connectivity index (χ2v) is 7.40. The van der Waals surface area contributed by atoms with Gasteiger partial charge in [-0.1, -0.05) is 36.0 Å². The van der Waals surface area contributed by atoms with Crippen molar-refractivity contribution in [3.63, 3.8) is 0 Å². The molecule has 0 radical (unpaired) electrons. The number of halogens is 1. The van der Waals surface area contributed by atoms with Gasteiger partial charge < -0.3 is 9.47 Å². The first-order valence-electron chi connectivity index (χ1n) is 9.30. The highest BCUT2D eigenvalue weighted by atomic mass is 32.2. The van der Waals surface area contributed by atoms with Gasteiger partial charge >= 0.3 is 0 Å². The van der Waals surface area contributed by atoms with E-state index in [1.165, 1.54) is 23.9 Å². The highest BCUT2D eigenvalue weighted by Crippen LogP contribution is 2.34. The molecule has 4 rings (SSSR count). The summed E-state index contributed by atoms with van der Waals surface area (Å²) < 4.78 is 26.3. The van der Waals surface area contributed by atoms with Gasteiger partial charge in [0.1, 0.15) is 17.3 Å². The number of aromatic nitrogens is 3. The molecule has 0 aliphatic heterocycles. The molecular formula is C23H20FN3O2S. The molecule has 0 aliphatic rings. The zero-order chi connectivity index (χ0) is 20.9. The first-order chi connectivity index (χ1) is 14.7. The molecule has 0 unspecified atom stereocenters. The van der Waals surface area contributed by atoms with E-state index >= 15 is 0 Å². The maximum atomic E-state index is 13.5. The largest absolute Gasteiger partial charge is 0.497 e. The molecule has 5 nitrogen and oxygen atoms in total. The molecule has 4 aromatic rings. The van der Waals surface area contributed by atoms with Crippen LogP contribution in [0.4, 0.5) is 4.39 Å². The Morgan fingerprint density at radius 3 is 2.43 bits per heavy atom. The topological polar surface area (TPSA) is 49.2 Å². The zero-order valence-corrected chi connectivity index (χ0v) is 17.4. The first-order valence-corrected chi connectivity index (χ1v) is 10.3. The standard InChI is InChI=1S/C23H20FN3O2S/c1-28-19-12-10-18(11-13-19)27-22(20-8-3-4-9-21(20)29-2)25-26-23(27)30-15-16-6-5-7-17(24)14-16/h3-14H,15H2,1-2H3. The van der Waals surface area contributed by atoms with E-state index in [1.54, 1.807) is 20.3 Å². The fourth-order valence-corrected chi connectivity index (χ4v) is 4.00. The third kappa shape index (κ3) is 4.16. The quantitative estimate of drug-likeness (QED) is 0.375. The molecule has 152 valence electrons. The van der Waals surface area contributed by atoms with E-state index in [1.807, 2.05) is 59.2 Å². The van der Waals surface area contributed by atoms with Gasteiger partial charge in [0, 0.05) is 5.75 Å². The van der Waals surface area contributed by atoms with Crippen molar-refractivity contribution < 1.29 is 13.9 Å². The third-order valence-corrected chi connectivity index (χ3v) is 5.57. The van der Waals surface area contributed by atoms with Crippen LogP contribution in [0.5, 0.6) is 11.5 Å². The second kappa shape index (κ2) is 9.00. The van der Waals surface area contributed by atoms with Crippen molar-refractivity contribution in [2.45, 2.75) is 10.9 Å². The molecular weight excluding hydrogens is 401 g/mol. The van der Waals surface area contributed by atoms with Crippen molar-refractivity contribution in [2.24, 2.45) is 0 Å². The minimum atomic E-state index is -0.251. The van der Waals surface area contributed by atoms with Crippen molar-refractivity contribution in [1.29, 1.82) is 0 Å². The van der Waals surface area contributed by atoms with Gasteiger partial charge in [-0.25, -0.2) is 4.39 Å². The molecule has 1 heterocycles. The summed E-state index contributed by atoms with van der Waals surface area (Å²) >= 11 is 1.49. The van der Waals surface area contributed by atoms with Crippen LogP contribution in [-0.4, -0.2) is 29.0 Å². The molecule has 0 N–H and O–H groups in total. The number of ether oxygens (including phenoxy) is 2. The van der Waals surface area contributed by atoms with Crippen LogP contribution in [0.15, 0.2) is 78.0 Å². The Balaban J connectivity index is 1.77. The normalized spacial score (nSPS) is 10.8. The molecule has 7 heteroatoms. The lowest BCUT2D eigenvalue weighted by Crippen LogP contribution is -2.01. The summed E-state index contributed by atoms with van der Waals surface area (Å²) in [6, 6.07) is 21.9. The summed E-state index contributed by atoms with van der Waals surface area (Å²) in [5, 5.41) is 9.57. The summed E-state index contributed by atoms with van der Waals surface area (Å²) in [5.74, 6) is 2.46. The first kappa shape index (κ1) is 20.0. The highest BCUT2D eigenvalue weighted by molar-refractivity contribution is 7.98. The van der Waals surface area contributed by atoms with Crippen LogP contribution >= 0.6 is 11.8 Å². The van der Waals surface area contributed by atoms with E-state index in [0.717, 1.165) is 22.6 Å². The molecule has 0 bridgehead atoms. The Bertz CT molecular complexity index is 1150. The Morgan fingerprint density at radius 1 is 0.900 bits per heavy atom. The van der Waals surface area contributed by atoms with Crippen molar-refractivity contribution in [1.82, 2.24) is 14.8 Å². The van der Waals surface area contributed by atoms with Gasteiger partial charge in [-0.2, -0.15) is 0 Å². The van der Waals surface area contributed by atoms with E-state index in [-0.39, 0.29) is 5.82 Å². The van der Waals surface area contributed by atoms with E-state index in [0.29, 0.717) is 22.5 Å². The van der Waals surface area contributed by atoms with Crippen LogP contribution in [-0.2, 0) is 5.75 Å². The number of nitrogens with zero attached hydrogens (tertiary/aromatic N) is 3. The predicted molar refractivity (Wildman–Crippen MR) is 116 cm³/mol. The zero-order valence-electron chi connectivity index (χ0n) is 16.6. The van der Waals surface area contributed by atoms with Crippen molar-refractivity contribution >= 4 is 11.8 Å². The second-order valence-electron chi connectivity index (χ2n) is 6.46. The number of benzene rings is 3. The molecule has 0 atom stereocenters. The van der Waals surface area contributed by atoms with Gasteiger partial charge in [-0.3, -0.25) is 4.57 Å². The summed E-state index contributed by atoms with van der Waals surface area (Å²) in [6.07, 6.45) is 0. The molecule has 0 aliphatic carbocycles. The number of thioether (sulfide) groups is 1. The fourth-order valence-electron chi connectivity index (χ4n) is 3.11. The monoisotopic (exact) mass is 421 g/mol. The number of methoxy groups -OCH3 is 2. The van der Waals surface area contributed by atoms with Crippen LogP contribution < -0.4 is 9.47 Å². The van der Waals surface area contributed by atoms with Crippen LogP contribution in [0.2, 0.25) is 0 Å². The number of para-hydroxylation sites is 1. The fraction of sp³-hybridized carbons (Fsp3) is 0.130. The minimum absolute atomic E-state index is 0.251. The molecule has 1 aromatic heterocycles. The maximum absolute atomic E-state index is 13.5. The molecule has 0 saturated carbocycles. The van der Waals surface area contributed by atoms with E-state index in [2.05, 4.69) is 10.2 Å². The van der Waals surface area contributed by atoms with Gasteiger partial charge in [0.25, 0.3) is 0 Å². The van der Waals surface area contributed by atoms with Crippen LogP contribution in [0.3, 0.4) is 0 Å². The average Bonchev–Trinajstić information content (AvgIpc) is 3.21. The van der Waals surface area contributed by atoms with Gasteiger partial charge in [0.15, 0.2) is 11.0 Å². The van der Waals surface area contributed by atoms with E-state index < -0.39 is 0 Å². The number of hydrogen-bond donors (Lipinski definition) is 0. The Hall–Kier alpha value is -3.32.